The van der Waals surface area contributed by atoms with E-state index in [1.54, 1.807) is 4.90 Å². The van der Waals surface area contributed by atoms with Gasteiger partial charge in [-0.2, -0.15) is 0 Å². The summed E-state index contributed by atoms with van der Waals surface area (Å²) in [5.41, 5.74) is -0.618. The van der Waals surface area contributed by atoms with Crippen molar-refractivity contribution < 1.29 is 23.5 Å². The van der Waals surface area contributed by atoms with Crippen LogP contribution in [0.25, 0.3) is 0 Å². The highest BCUT2D eigenvalue weighted by atomic mass is 28.4. The fourth-order valence-corrected chi connectivity index (χ4v) is 9.08. The lowest BCUT2D eigenvalue weighted by Gasteiger charge is -2.44. The molecule has 6 nitrogen and oxygen atoms in total. The first kappa shape index (κ1) is 26.1. The highest BCUT2D eigenvalue weighted by Gasteiger charge is 2.50. The van der Waals surface area contributed by atoms with E-state index < -0.39 is 32.2 Å². The minimum absolute atomic E-state index is 0.175. The average Bonchev–Trinajstić information content (AvgIpc) is 2.78. The van der Waals surface area contributed by atoms with Gasteiger partial charge in [0, 0.05) is 0 Å². The van der Waals surface area contributed by atoms with Crippen LogP contribution in [0.4, 0.5) is 4.79 Å². The summed E-state index contributed by atoms with van der Waals surface area (Å²) in [4.78, 5) is 25.9. The Balaban J connectivity index is 1.91. The van der Waals surface area contributed by atoms with E-state index in [0.29, 0.717) is 6.54 Å². The van der Waals surface area contributed by atoms with Gasteiger partial charge in [-0.3, -0.25) is 0 Å². The summed E-state index contributed by atoms with van der Waals surface area (Å²) in [6, 6.07) is 20.7. The summed E-state index contributed by atoms with van der Waals surface area (Å²) in [5, 5.41) is 2.15. The van der Waals surface area contributed by atoms with E-state index in [1.165, 1.54) is 10.4 Å². The standard InChI is InChI=1S/C27H37NO5Si/c1-26(2,3)33-25(30)28-17-21(19-29)32-22(18-28)20-31-34(27(4,5)6,23-13-9-7-10-14-23)24-15-11-8-12-16-24/h7-16,19,21-22H,17-18,20H2,1-6H3/t21?,22-/m0/s1. The van der Waals surface area contributed by atoms with Crippen molar-refractivity contribution in [1.82, 2.24) is 4.90 Å². The normalized spacial score (nSPS) is 19.5. The molecule has 2 aromatic carbocycles. The smallest absolute Gasteiger partial charge is 0.410 e. The van der Waals surface area contributed by atoms with Crippen LogP contribution >= 0.6 is 0 Å². The van der Waals surface area contributed by atoms with E-state index in [1.807, 2.05) is 57.2 Å². The molecule has 0 aliphatic carbocycles. The molecule has 34 heavy (non-hydrogen) atoms. The molecule has 0 N–H and O–H groups in total. The number of hydrogen-bond donors (Lipinski definition) is 0. The molecule has 2 aromatic rings. The lowest BCUT2D eigenvalue weighted by Crippen LogP contribution is -2.67. The zero-order chi connectivity index (χ0) is 25.0. The van der Waals surface area contributed by atoms with Gasteiger partial charge < -0.3 is 23.6 Å². The van der Waals surface area contributed by atoms with Crippen molar-refractivity contribution in [3.05, 3.63) is 60.7 Å². The predicted octanol–water partition coefficient (Wildman–Crippen LogP) is 3.77. The second-order valence-corrected chi connectivity index (χ2v) is 15.1. The maximum Gasteiger partial charge on any atom is 0.410 e. The maximum absolute atomic E-state index is 12.7. The second kappa shape index (κ2) is 10.4. The van der Waals surface area contributed by atoms with Crippen LogP contribution < -0.4 is 10.4 Å². The fourth-order valence-electron chi connectivity index (χ4n) is 4.49. The molecular weight excluding hydrogens is 446 g/mol. The van der Waals surface area contributed by atoms with Crippen molar-refractivity contribution in [2.75, 3.05) is 19.7 Å². The summed E-state index contributed by atoms with van der Waals surface area (Å²) < 4.78 is 18.5. The van der Waals surface area contributed by atoms with E-state index in [0.717, 1.165) is 6.29 Å². The van der Waals surface area contributed by atoms with Crippen molar-refractivity contribution >= 4 is 31.1 Å². The summed E-state index contributed by atoms with van der Waals surface area (Å²) >= 11 is 0. The highest BCUT2D eigenvalue weighted by molar-refractivity contribution is 6.99. The van der Waals surface area contributed by atoms with Crippen molar-refractivity contribution in [2.45, 2.75) is 64.4 Å². The lowest BCUT2D eigenvalue weighted by molar-refractivity contribution is -0.135. The molecule has 2 atom stereocenters. The molecule has 1 aliphatic rings. The zero-order valence-electron chi connectivity index (χ0n) is 21.1. The van der Waals surface area contributed by atoms with Crippen LogP contribution in [0.2, 0.25) is 5.04 Å². The van der Waals surface area contributed by atoms with Gasteiger partial charge in [0.1, 0.15) is 11.7 Å². The SMILES string of the molecule is CC(C)(C)OC(=O)N1CC(C=O)O[C@H](CO[Si](c2ccccc2)(c2ccccc2)C(C)(C)C)C1. The number of amides is 1. The van der Waals surface area contributed by atoms with E-state index in [9.17, 15) is 9.59 Å². The largest absolute Gasteiger partial charge is 0.444 e. The summed E-state index contributed by atoms with van der Waals surface area (Å²) in [6.07, 6.45) is -0.864. The number of hydrogen-bond acceptors (Lipinski definition) is 5. The van der Waals surface area contributed by atoms with Crippen molar-refractivity contribution in [3.8, 4) is 0 Å². The molecule has 0 radical (unpaired) electrons. The van der Waals surface area contributed by atoms with Crippen LogP contribution in [-0.2, 0) is 18.7 Å². The molecule has 1 aliphatic heterocycles. The molecule has 184 valence electrons. The Kier molecular flexibility index (Phi) is 8.01. The predicted molar refractivity (Wildman–Crippen MR) is 136 cm³/mol. The van der Waals surface area contributed by atoms with Gasteiger partial charge in [-0.15, -0.1) is 0 Å². The van der Waals surface area contributed by atoms with Crippen molar-refractivity contribution in [1.29, 1.82) is 0 Å². The van der Waals surface area contributed by atoms with Gasteiger partial charge >= 0.3 is 6.09 Å². The molecule has 1 heterocycles. The van der Waals surface area contributed by atoms with E-state index in [4.69, 9.17) is 13.9 Å². The van der Waals surface area contributed by atoms with Gasteiger partial charge in [0.2, 0.25) is 0 Å². The number of aldehydes is 1. The Morgan fingerprint density at radius 3 is 1.94 bits per heavy atom. The Morgan fingerprint density at radius 2 is 1.50 bits per heavy atom. The van der Waals surface area contributed by atoms with E-state index >= 15 is 0 Å². The Labute approximate surface area is 204 Å². The van der Waals surface area contributed by atoms with Crippen LogP contribution in [0.15, 0.2) is 60.7 Å². The number of ether oxygens (including phenoxy) is 2. The van der Waals surface area contributed by atoms with Gasteiger partial charge in [-0.1, -0.05) is 81.4 Å². The minimum Gasteiger partial charge on any atom is -0.444 e. The van der Waals surface area contributed by atoms with Crippen LogP contribution in [0.3, 0.4) is 0 Å². The number of carbonyl (C=O) groups is 2. The Hall–Kier alpha value is -2.48. The molecule has 1 amide bonds. The van der Waals surface area contributed by atoms with E-state index in [2.05, 4.69) is 45.0 Å². The third-order valence-electron chi connectivity index (χ3n) is 5.90. The Morgan fingerprint density at radius 1 is 0.971 bits per heavy atom. The van der Waals surface area contributed by atoms with Gasteiger partial charge in [-0.05, 0) is 36.2 Å². The summed E-state index contributed by atoms with van der Waals surface area (Å²) in [7, 11) is -2.76. The molecule has 1 unspecified atom stereocenters. The third kappa shape index (κ3) is 5.95. The molecule has 0 spiro atoms. The lowest BCUT2D eigenvalue weighted by atomic mass is 10.2. The number of carbonyl (C=O) groups excluding carboxylic acids is 2. The first-order chi connectivity index (χ1) is 16.0. The zero-order valence-corrected chi connectivity index (χ0v) is 22.1. The molecule has 7 heteroatoms. The van der Waals surface area contributed by atoms with Crippen LogP contribution in [0.1, 0.15) is 41.5 Å². The van der Waals surface area contributed by atoms with Crippen LogP contribution in [0, 0.1) is 0 Å². The van der Waals surface area contributed by atoms with Gasteiger partial charge in [-0.25, -0.2) is 4.79 Å². The first-order valence-corrected chi connectivity index (χ1v) is 13.7. The molecule has 0 saturated carbocycles. The van der Waals surface area contributed by atoms with Crippen LogP contribution in [-0.4, -0.2) is 63.1 Å². The van der Waals surface area contributed by atoms with Crippen molar-refractivity contribution in [3.63, 3.8) is 0 Å². The summed E-state index contributed by atoms with van der Waals surface area (Å²) in [5.74, 6) is 0. The number of benzene rings is 2. The van der Waals surface area contributed by atoms with Crippen LogP contribution in [0.5, 0.6) is 0 Å². The van der Waals surface area contributed by atoms with Crippen molar-refractivity contribution in [2.24, 2.45) is 0 Å². The molecule has 0 aromatic heterocycles. The first-order valence-electron chi connectivity index (χ1n) is 11.8. The number of nitrogens with zero attached hydrogens (tertiary/aromatic N) is 1. The Bertz CT molecular complexity index is 913. The monoisotopic (exact) mass is 483 g/mol. The average molecular weight is 484 g/mol. The quantitative estimate of drug-likeness (QED) is 0.462. The number of morpholine rings is 1. The van der Waals surface area contributed by atoms with Gasteiger partial charge in [0.15, 0.2) is 6.29 Å². The highest BCUT2D eigenvalue weighted by Crippen LogP contribution is 2.37. The number of rotatable bonds is 6. The van der Waals surface area contributed by atoms with Gasteiger partial charge in [0.25, 0.3) is 8.32 Å². The van der Waals surface area contributed by atoms with E-state index in [-0.39, 0.29) is 18.2 Å². The molecular formula is C27H37NO5Si. The maximum atomic E-state index is 12.7. The molecule has 3 rings (SSSR count). The van der Waals surface area contributed by atoms with Gasteiger partial charge in [0.05, 0.1) is 25.8 Å². The molecule has 1 fully saturated rings. The molecule has 0 bridgehead atoms. The second-order valence-electron chi connectivity index (χ2n) is 10.8. The summed E-state index contributed by atoms with van der Waals surface area (Å²) in [6.45, 7) is 12.8. The minimum atomic E-state index is -2.76. The molecule has 1 saturated heterocycles. The topological polar surface area (TPSA) is 65.1 Å². The third-order valence-corrected chi connectivity index (χ3v) is 10.9. The fraction of sp³-hybridized carbons (Fsp3) is 0.481.